The van der Waals surface area contributed by atoms with Gasteiger partial charge in [-0.1, -0.05) is 6.92 Å². The first-order chi connectivity index (χ1) is 18.0. The van der Waals surface area contributed by atoms with Crippen molar-refractivity contribution in [3.05, 3.63) is 42.2 Å². The van der Waals surface area contributed by atoms with Gasteiger partial charge in [0, 0.05) is 17.7 Å². The molecule has 1 aliphatic rings. The van der Waals surface area contributed by atoms with Gasteiger partial charge in [0.15, 0.2) is 11.6 Å². The quantitative estimate of drug-likeness (QED) is 0.420. The maximum Gasteiger partial charge on any atom is 0.409 e. The van der Waals surface area contributed by atoms with Gasteiger partial charge >= 0.3 is 6.09 Å². The minimum atomic E-state index is -4.37. The number of halogens is 1. The van der Waals surface area contributed by atoms with Crippen molar-refractivity contribution in [2.45, 2.75) is 49.9 Å². The highest BCUT2D eigenvalue weighted by Gasteiger charge is 2.38. The van der Waals surface area contributed by atoms with Crippen LogP contribution in [0.25, 0.3) is 0 Å². The molecular weight excluding hydrogens is 557 g/mol. The summed E-state index contributed by atoms with van der Waals surface area (Å²) in [5.41, 5.74) is 0.0773. The molecule has 3 rings (SSSR count). The third kappa shape index (κ3) is 6.53. The van der Waals surface area contributed by atoms with Gasteiger partial charge in [-0.25, -0.2) is 26.0 Å². The van der Waals surface area contributed by atoms with E-state index in [0.29, 0.717) is 0 Å². The minimum Gasteiger partial charge on any atom is -0.494 e. The van der Waals surface area contributed by atoms with E-state index in [1.807, 2.05) is 4.72 Å². The van der Waals surface area contributed by atoms with E-state index in [1.54, 1.807) is 0 Å². The van der Waals surface area contributed by atoms with E-state index in [-0.39, 0.29) is 40.7 Å². The van der Waals surface area contributed by atoms with Gasteiger partial charge in [0.2, 0.25) is 15.9 Å². The van der Waals surface area contributed by atoms with Crippen LogP contribution < -0.4 is 23.8 Å². The molecule has 1 heterocycles. The highest BCUT2D eigenvalue weighted by atomic mass is 32.2. The number of benzene rings is 2. The maximum absolute atomic E-state index is 14.0. The Morgan fingerprint density at radius 1 is 1.18 bits per heavy atom. The molecule has 0 saturated heterocycles. The molecule has 0 saturated carbocycles. The lowest BCUT2D eigenvalue weighted by molar-refractivity contribution is -0.123. The summed E-state index contributed by atoms with van der Waals surface area (Å²) in [6.07, 6.45) is -2.32. The summed E-state index contributed by atoms with van der Waals surface area (Å²) < 4.78 is 78.9. The van der Waals surface area contributed by atoms with Crippen molar-refractivity contribution in [2.75, 3.05) is 23.3 Å². The zero-order valence-electron chi connectivity index (χ0n) is 21.9. The number of rotatable bonds is 8. The van der Waals surface area contributed by atoms with Gasteiger partial charge in [-0.15, -0.1) is 0 Å². The van der Waals surface area contributed by atoms with Crippen LogP contribution in [-0.4, -0.2) is 58.4 Å². The first kappa shape index (κ1) is 30.0. The fourth-order valence-electron chi connectivity index (χ4n) is 3.68. The lowest BCUT2D eigenvalue weighted by Crippen LogP contribution is -2.47. The van der Waals surface area contributed by atoms with E-state index in [2.05, 4.69) is 5.32 Å². The van der Waals surface area contributed by atoms with E-state index in [1.165, 1.54) is 53.0 Å². The molecule has 12 nitrogen and oxygen atoms in total. The number of carboxylic acid groups (broad SMARTS) is 1. The van der Waals surface area contributed by atoms with Crippen molar-refractivity contribution in [2.24, 2.45) is 5.92 Å². The number of hydrogen-bond acceptors (Lipinski definition) is 8. The summed E-state index contributed by atoms with van der Waals surface area (Å²) in [4.78, 5) is 23.5. The van der Waals surface area contributed by atoms with E-state index < -0.39 is 54.6 Å². The molecule has 2 amide bonds. The zero-order chi connectivity index (χ0) is 29.3. The Bertz CT molecular complexity index is 1490. The Morgan fingerprint density at radius 3 is 2.44 bits per heavy atom. The Morgan fingerprint density at radius 2 is 1.85 bits per heavy atom. The number of nitrogens with one attached hydrogen (secondary N) is 2. The molecule has 0 bridgehead atoms. The highest BCUT2D eigenvalue weighted by molar-refractivity contribution is 7.93. The normalized spacial score (nSPS) is 16.5. The number of carbonyl (C=O) groups is 2. The van der Waals surface area contributed by atoms with Gasteiger partial charge in [-0.05, 0) is 57.5 Å². The molecule has 1 aliphatic heterocycles. The molecule has 2 aromatic rings. The smallest absolute Gasteiger partial charge is 0.409 e. The predicted octanol–water partition coefficient (Wildman–Crippen LogP) is 3.15. The number of ether oxygens (including phenoxy) is 2. The third-order valence-corrected chi connectivity index (χ3v) is 9.82. The van der Waals surface area contributed by atoms with Crippen LogP contribution in [0.3, 0.4) is 0 Å². The van der Waals surface area contributed by atoms with Crippen LogP contribution in [0.15, 0.2) is 41.3 Å². The van der Waals surface area contributed by atoms with Crippen LogP contribution >= 0.6 is 0 Å². The van der Waals surface area contributed by atoms with Crippen molar-refractivity contribution in [3.8, 4) is 11.5 Å². The van der Waals surface area contributed by atoms with Crippen LogP contribution in [0.5, 0.6) is 11.5 Å². The monoisotopic (exact) mass is 587 g/mol. The number of anilines is 2. The number of hydrogen-bond donors (Lipinski definition) is 3. The second-order valence-electron chi connectivity index (χ2n) is 9.90. The molecule has 15 heteroatoms. The number of carbonyl (C=O) groups excluding carboxylic acids is 1. The van der Waals surface area contributed by atoms with E-state index in [9.17, 15) is 30.8 Å². The summed E-state index contributed by atoms with van der Waals surface area (Å²) in [5.74, 6) is -2.66. The molecule has 39 heavy (non-hydrogen) atoms. The molecule has 214 valence electrons. The fraction of sp³-hybridized carbons (Fsp3) is 0.417. The molecular formula is C24H30FN3O9S2. The Hall–Kier alpha value is -3.59. The standard InChI is InChI=1S/C24H30FN3O9S2/c1-14(22(29)27-39(34,35)24(2,3)4)10-16-13-28(19-11-15(26-23(30)31)6-9-20(19)37-16)38(32,33)17-7-8-18(25)21(12-17)36-5/h6-9,11-12,14,16,26H,10,13H2,1-5H3,(H,27,29)(H,30,31)/t14-,16-/m0/s1. The van der Waals surface area contributed by atoms with E-state index in [4.69, 9.17) is 14.6 Å². The molecule has 2 aromatic carbocycles. The number of fused-ring (bicyclic) bond motifs is 1. The maximum atomic E-state index is 14.0. The molecule has 0 fully saturated rings. The summed E-state index contributed by atoms with van der Waals surface area (Å²) in [6.45, 7) is 5.49. The second-order valence-corrected chi connectivity index (χ2v) is 14.2. The van der Waals surface area contributed by atoms with E-state index >= 15 is 0 Å². The summed E-state index contributed by atoms with van der Waals surface area (Å²) in [5, 5.41) is 11.2. The average molecular weight is 588 g/mol. The minimum absolute atomic E-state index is 0.00760. The van der Waals surface area contributed by atoms with Gasteiger partial charge in [-0.3, -0.25) is 19.1 Å². The molecule has 0 radical (unpaired) electrons. The van der Waals surface area contributed by atoms with Gasteiger partial charge in [0.25, 0.3) is 10.0 Å². The zero-order valence-corrected chi connectivity index (χ0v) is 23.5. The van der Waals surface area contributed by atoms with Crippen molar-refractivity contribution in [1.82, 2.24) is 4.72 Å². The summed E-state index contributed by atoms with van der Waals surface area (Å²) in [6, 6.07) is 7.02. The first-order valence-corrected chi connectivity index (χ1v) is 14.6. The number of amides is 2. The lowest BCUT2D eigenvalue weighted by atomic mass is 10.0. The molecule has 0 unspecified atom stereocenters. The van der Waals surface area contributed by atoms with Gasteiger partial charge < -0.3 is 14.6 Å². The Labute approximate surface area is 226 Å². The largest absolute Gasteiger partial charge is 0.494 e. The fourth-order valence-corrected chi connectivity index (χ4v) is 5.97. The molecule has 2 atom stereocenters. The van der Waals surface area contributed by atoms with Gasteiger partial charge in [-0.2, -0.15) is 0 Å². The van der Waals surface area contributed by atoms with Gasteiger partial charge in [0.1, 0.15) is 11.9 Å². The summed E-state index contributed by atoms with van der Waals surface area (Å²) in [7, 11) is -7.16. The van der Waals surface area contributed by atoms with Crippen molar-refractivity contribution in [1.29, 1.82) is 0 Å². The average Bonchev–Trinajstić information content (AvgIpc) is 2.82. The van der Waals surface area contributed by atoms with Crippen LogP contribution in [0.2, 0.25) is 0 Å². The van der Waals surface area contributed by atoms with Crippen LogP contribution in [-0.2, 0) is 24.8 Å². The molecule has 0 aromatic heterocycles. The predicted molar refractivity (Wildman–Crippen MR) is 141 cm³/mol. The van der Waals surface area contributed by atoms with E-state index in [0.717, 1.165) is 22.5 Å². The van der Waals surface area contributed by atoms with Crippen LogP contribution in [0, 0.1) is 11.7 Å². The highest BCUT2D eigenvalue weighted by Crippen LogP contribution is 2.40. The molecule has 3 N–H and O–H groups in total. The number of methoxy groups -OCH3 is 1. The van der Waals surface area contributed by atoms with Crippen LogP contribution in [0.1, 0.15) is 34.1 Å². The first-order valence-electron chi connectivity index (χ1n) is 11.7. The third-order valence-electron chi connectivity index (χ3n) is 5.96. The Kier molecular flexibility index (Phi) is 8.36. The second kappa shape index (κ2) is 10.9. The number of nitrogens with zero attached hydrogens (tertiary/aromatic N) is 1. The van der Waals surface area contributed by atoms with Crippen molar-refractivity contribution >= 4 is 43.4 Å². The van der Waals surface area contributed by atoms with Crippen LogP contribution in [0.4, 0.5) is 20.6 Å². The SMILES string of the molecule is COc1cc(S(=O)(=O)N2C[C@H](C[C@H](C)C(=O)NS(=O)(=O)C(C)(C)C)Oc3ccc(NC(=O)O)cc32)ccc1F. The van der Waals surface area contributed by atoms with Gasteiger partial charge in [0.05, 0.1) is 29.0 Å². The summed E-state index contributed by atoms with van der Waals surface area (Å²) >= 11 is 0. The molecule has 0 spiro atoms. The number of sulfonamides is 2. The van der Waals surface area contributed by atoms with Crippen molar-refractivity contribution in [3.63, 3.8) is 0 Å². The lowest BCUT2D eigenvalue weighted by Gasteiger charge is -2.36. The molecule has 0 aliphatic carbocycles. The Balaban J connectivity index is 1.98. The topological polar surface area (TPSA) is 168 Å². The van der Waals surface area contributed by atoms with Crippen molar-refractivity contribution < 1.29 is 45.4 Å².